The molecule has 0 saturated carbocycles. The molecule has 0 bridgehead atoms. The van der Waals surface area contributed by atoms with Crippen molar-refractivity contribution < 1.29 is 9.53 Å². The molecule has 0 aliphatic heterocycles. The van der Waals surface area contributed by atoms with Crippen LogP contribution in [0.5, 0.6) is 0 Å². The monoisotopic (exact) mass is 291 g/mol. The SMILES string of the molecule is N#Cc1ccc(COC(=O)Cn2cnc3ccccc32)cc1. The molecule has 108 valence electrons. The van der Waals surface area contributed by atoms with Gasteiger partial charge in [0.15, 0.2) is 0 Å². The van der Waals surface area contributed by atoms with E-state index in [1.54, 1.807) is 35.2 Å². The second kappa shape index (κ2) is 6.10. The van der Waals surface area contributed by atoms with Crippen LogP contribution in [0.2, 0.25) is 0 Å². The molecule has 0 aliphatic carbocycles. The molecule has 22 heavy (non-hydrogen) atoms. The van der Waals surface area contributed by atoms with E-state index in [1.165, 1.54) is 0 Å². The van der Waals surface area contributed by atoms with E-state index in [4.69, 9.17) is 10.00 Å². The van der Waals surface area contributed by atoms with Crippen molar-refractivity contribution in [2.45, 2.75) is 13.2 Å². The molecule has 5 heteroatoms. The van der Waals surface area contributed by atoms with Gasteiger partial charge in [0.2, 0.25) is 0 Å². The van der Waals surface area contributed by atoms with Crippen LogP contribution in [0, 0.1) is 11.3 Å². The number of aromatic nitrogens is 2. The summed E-state index contributed by atoms with van der Waals surface area (Å²) in [4.78, 5) is 16.2. The molecule has 0 fully saturated rings. The third-order valence-corrected chi connectivity index (χ3v) is 3.31. The third-order valence-electron chi connectivity index (χ3n) is 3.31. The van der Waals surface area contributed by atoms with Crippen molar-refractivity contribution in [3.05, 3.63) is 66.0 Å². The summed E-state index contributed by atoms with van der Waals surface area (Å²) in [6.07, 6.45) is 1.63. The van der Waals surface area contributed by atoms with Gasteiger partial charge < -0.3 is 9.30 Å². The van der Waals surface area contributed by atoms with Gasteiger partial charge in [0.25, 0.3) is 0 Å². The average molecular weight is 291 g/mol. The molecular formula is C17H13N3O2. The van der Waals surface area contributed by atoms with Crippen LogP contribution in [-0.4, -0.2) is 15.5 Å². The molecule has 2 aromatic carbocycles. The lowest BCUT2D eigenvalue weighted by Crippen LogP contribution is -2.12. The molecule has 3 rings (SSSR count). The molecule has 0 amide bonds. The molecule has 0 N–H and O–H groups in total. The van der Waals surface area contributed by atoms with E-state index in [9.17, 15) is 4.79 Å². The predicted molar refractivity (Wildman–Crippen MR) is 80.7 cm³/mol. The number of carbonyl (C=O) groups excluding carboxylic acids is 1. The predicted octanol–water partition coefficient (Wildman–Crippen LogP) is 2.65. The first-order chi connectivity index (χ1) is 10.8. The van der Waals surface area contributed by atoms with Gasteiger partial charge in [-0.05, 0) is 29.8 Å². The lowest BCUT2D eigenvalue weighted by Gasteiger charge is -2.06. The normalized spacial score (nSPS) is 10.3. The Morgan fingerprint density at radius 2 is 1.95 bits per heavy atom. The summed E-state index contributed by atoms with van der Waals surface area (Å²) in [5.41, 5.74) is 3.18. The Labute approximate surface area is 127 Å². The number of esters is 1. The summed E-state index contributed by atoms with van der Waals surface area (Å²) in [5, 5.41) is 8.73. The molecule has 5 nitrogen and oxygen atoms in total. The number of rotatable bonds is 4. The van der Waals surface area contributed by atoms with Gasteiger partial charge in [-0.15, -0.1) is 0 Å². The molecule has 3 aromatic rings. The number of nitrogens with zero attached hydrogens (tertiary/aromatic N) is 3. The second-order valence-electron chi connectivity index (χ2n) is 4.83. The molecule has 0 atom stereocenters. The largest absolute Gasteiger partial charge is 0.459 e. The number of ether oxygens (including phenoxy) is 1. The Morgan fingerprint density at radius 3 is 2.73 bits per heavy atom. The van der Waals surface area contributed by atoms with Crippen LogP contribution in [0.15, 0.2) is 54.9 Å². The Kier molecular flexibility index (Phi) is 3.84. The number of fused-ring (bicyclic) bond motifs is 1. The van der Waals surface area contributed by atoms with Gasteiger partial charge in [0, 0.05) is 0 Å². The maximum Gasteiger partial charge on any atom is 0.326 e. The van der Waals surface area contributed by atoms with Crippen LogP contribution in [0.1, 0.15) is 11.1 Å². The van der Waals surface area contributed by atoms with E-state index >= 15 is 0 Å². The summed E-state index contributed by atoms with van der Waals surface area (Å²) in [5.74, 6) is -0.326. The molecule has 0 unspecified atom stereocenters. The molecule has 1 aromatic heterocycles. The topological polar surface area (TPSA) is 67.9 Å². The zero-order chi connectivity index (χ0) is 15.4. The van der Waals surface area contributed by atoms with Crippen LogP contribution >= 0.6 is 0 Å². The lowest BCUT2D eigenvalue weighted by molar-refractivity contribution is -0.145. The molecule has 0 radical (unpaired) electrons. The Bertz CT molecular complexity index is 844. The number of hydrogen-bond acceptors (Lipinski definition) is 4. The zero-order valence-corrected chi connectivity index (χ0v) is 11.8. The fourth-order valence-electron chi connectivity index (χ4n) is 2.16. The smallest absolute Gasteiger partial charge is 0.326 e. The van der Waals surface area contributed by atoms with Gasteiger partial charge in [-0.25, -0.2) is 4.98 Å². The van der Waals surface area contributed by atoms with Gasteiger partial charge in [-0.1, -0.05) is 24.3 Å². The van der Waals surface area contributed by atoms with Crippen molar-refractivity contribution in [2.24, 2.45) is 0 Å². The summed E-state index contributed by atoms with van der Waals surface area (Å²) >= 11 is 0. The maximum atomic E-state index is 11.9. The Hall–Kier alpha value is -3.13. The summed E-state index contributed by atoms with van der Waals surface area (Å²) < 4.78 is 7.01. The first kappa shape index (κ1) is 13.8. The van der Waals surface area contributed by atoms with E-state index in [1.807, 2.05) is 30.3 Å². The number of nitriles is 1. The van der Waals surface area contributed by atoms with Crippen LogP contribution in [0.25, 0.3) is 11.0 Å². The lowest BCUT2D eigenvalue weighted by atomic mass is 10.2. The van der Waals surface area contributed by atoms with E-state index < -0.39 is 0 Å². The van der Waals surface area contributed by atoms with Crippen molar-refractivity contribution in [2.75, 3.05) is 0 Å². The first-order valence-electron chi connectivity index (χ1n) is 6.81. The van der Waals surface area contributed by atoms with Gasteiger partial charge in [-0.2, -0.15) is 5.26 Å². The number of benzene rings is 2. The van der Waals surface area contributed by atoms with E-state index in [0.29, 0.717) is 5.56 Å². The van der Waals surface area contributed by atoms with Crippen molar-refractivity contribution in [1.82, 2.24) is 9.55 Å². The average Bonchev–Trinajstić information content (AvgIpc) is 2.97. The van der Waals surface area contributed by atoms with E-state index in [2.05, 4.69) is 4.98 Å². The highest BCUT2D eigenvalue weighted by Crippen LogP contribution is 2.12. The van der Waals surface area contributed by atoms with Crippen molar-refractivity contribution in [1.29, 1.82) is 5.26 Å². The highest BCUT2D eigenvalue weighted by molar-refractivity contribution is 5.78. The second-order valence-corrected chi connectivity index (χ2v) is 4.83. The molecule has 0 aliphatic rings. The quantitative estimate of drug-likeness (QED) is 0.693. The summed E-state index contributed by atoms with van der Waals surface area (Å²) in [7, 11) is 0. The standard InChI is InChI=1S/C17H13N3O2/c18-9-13-5-7-14(8-6-13)11-22-17(21)10-20-12-19-15-3-1-2-4-16(15)20/h1-8,12H,10-11H2. The fourth-order valence-corrected chi connectivity index (χ4v) is 2.16. The van der Waals surface area contributed by atoms with Crippen LogP contribution in [0.4, 0.5) is 0 Å². The minimum Gasteiger partial charge on any atom is -0.459 e. The minimum atomic E-state index is -0.326. The molecule has 1 heterocycles. The number of imidazole rings is 1. The Balaban J connectivity index is 1.61. The van der Waals surface area contributed by atoms with E-state index in [-0.39, 0.29) is 19.1 Å². The third kappa shape index (κ3) is 2.96. The summed E-state index contributed by atoms with van der Waals surface area (Å²) in [6.45, 7) is 0.313. The van der Waals surface area contributed by atoms with Crippen LogP contribution in [0.3, 0.4) is 0 Å². The highest BCUT2D eigenvalue weighted by Gasteiger charge is 2.08. The van der Waals surface area contributed by atoms with Crippen molar-refractivity contribution in [3.63, 3.8) is 0 Å². The molecule has 0 saturated heterocycles. The van der Waals surface area contributed by atoms with Gasteiger partial charge >= 0.3 is 5.97 Å². The number of carbonyl (C=O) groups is 1. The van der Waals surface area contributed by atoms with Crippen molar-refractivity contribution >= 4 is 17.0 Å². The van der Waals surface area contributed by atoms with Gasteiger partial charge in [0.05, 0.1) is 29.0 Å². The number of hydrogen-bond donors (Lipinski definition) is 0. The minimum absolute atomic E-state index is 0.122. The van der Waals surface area contributed by atoms with Gasteiger partial charge in [0.1, 0.15) is 13.2 Å². The van der Waals surface area contributed by atoms with Crippen LogP contribution < -0.4 is 0 Å². The van der Waals surface area contributed by atoms with Crippen molar-refractivity contribution in [3.8, 4) is 6.07 Å². The van der Waals surface area contributed by atoms with Gasteiger partial charge in [-0.3, -0.25) is 4.79 Å². The number of para-hydroxylation sites is 2. The maximum absolute atomic E-state index is 11.9. The fraction of sp³-hybridized carbons (Fsp3) is 0.118. The summed E-state index contributed by atoms with van der Waals surface area (Å²) in [6, 6.07) is 16.6. The Morgan fingerprint density at radius 1 is 1.18 bits per heavy atom. The zero-order valence-electron chi connectivity index (χ0n) is 11.8. The van der Waals surface area contributed by atoms with Crippen LogP contribution in [-0.2, 0) is 22.7 Å². The van der Waals surface area contributed by atoms with E-state index in [0.717, 1.165) is 16.6 Å². The molecule has 0 spiro atoms. The highest BCUT2D eigenvalue weighted by atomic mass is 16.5. The first-order valence-corrected chi connectivity index (χ1v) is 6.81. The molecular weight excluding hydrogens is 278 g/mol.